The Kier molecular flexibility index (Phi) is 203. The molecule has 30 valence electrons. The van der Waals surface area contributed by atoms with Gasteiger partial charge in [0.25, 0.3) is 0 Å². The van der Waals surface area contributed by atoms with Gasteiger partial charge in [0.1, 0.15) is 0 Å². The topological polar surface area (TPSA) is 0 Å². The fourth-order valence-electron chi connectivity index (χ4n) is 0. The van der Waals surface area contributed by atoms with Crippen molar-refractivity contribution in [1.82, 2.24) is 0 Å². The van der Waals surface area contributed by atoms with Crippen LogP contribution in [0.2, 0.25) is 0 Å². The third kappa shape index (κ3) is 18.5. The van der Waals surface area contributed by atoms with Crippen molar-refractivity contribution in [2.45, 2.75) is 0 Å². The molecule has 5 heteroatoms. The maximum atomic E-state index is 0. The molecule has 0 amide bonds. The van der Waals surface area contributed by atoms with E-state index in [1.165, 1.54) is 0 Å². The van der Waals surface area contributed by atoms with Gasteiger partial charge in [0.2, 0.25) is 0 Å². The summed E-state index contributed by atoms with van der Waals surface area (Å²) < 4.78 is 0. The van der Waals surface area contributed by atoms with Gasteiger partial charge in [-0.25, -0.2) is 0 Å². The molecule has 5 heavy (non-hydrogen) atoms. The van der Waals surface area contributed by atoms with Crippen molar-refractivity contribution in [2.24, 2.45) is 0 Å². The molecular formula is IrMoNbTiW. The van der Waals surface area contributed by atoms with Crippen molar-refractivity contribution >= 4 is 0 Å². The summed E-state index contributed by atoms with van der Waals surface area (Å²) >= 11 is 0. The smallest absolute Gasteiger partial charge is 0 e. The summed E-state index contributed by atoms with van der Waals surface area (Å²) in [6.45, 7) is 0. The average Bonchev–Trinajstić information content (AvgIpc) is 0. The van der Waals surface area contributed by atoms with Crippen molar-refractivity contribution in [3.63, 3.8) is 0 Å². The van der Waals surface area contributed by atoms with Crippen LogP contribution in [0.3, 0.4) is 0 Å². The van der Waals surface area contributed by atoms with Gasteiger partial charge in [-0.15, -0.1) is 0 Å². The van der Waals surface area contributed by atoms with Gasteiger partial charge in [0.15, 0.2) is 0 Å². The Bertz CT molecular complexity index is 11.6. The van der Waals surface area contributed by atoms with Crippen LogP contribution in [0, 0.1) is 0 Å². The molecule has 0 aliphatic carbocycles. The first-order chi connectivity index (χ1) is 0. The summed E-state index contributed by atoms with van der Waals surface area (Å²) in [7, 11) is 0. The molecule has 0 aromatic rings. The van der Waals surface area contributed by atoms with Crippen LogP contribution in [0.1, 0.15) is 0 Å². The second kappa shape index (κ2) is 25.9. The molecule has 0 saturated carbocycles. The number of rotatable bonds is 0. The molecule has 0 heterocycles. The molecule has 0 atom stereocenters. The monoisotopic (exact) mass is 616 g/mol. The quantitative estimate of drug-likeness (QED) is 0.338. The first kappa shape index (κ1) is 39.2. The van der Waals surface area contributed by atoms with Crippen molar-refractivity contribution in [1.29, 1.82) is 0 Å². The van der Waals surface area contributed by atoms with Crippen LogP contribution >= 0.6 is 0 Å². The first-order valence-corrected chi connectivity index (χ1v) is 0. The summed E-state index contributed by atoms with van der Waals surface area (Å²) in [5, 5.41) is 0. The van der Waals surface area contributed by atoms with E-state index in [0.29, 0.717) is 0 Å². The summed E-state index contributed by atoms with van der Waals surface area (Å²) in [5.41, 5.74) is 0. The Balaban J connectivity index is 0. The molecule has 0 spiro atoms. The van der Waals surface area contributed by atoms with Crippen molar-refractivity contribution in [3.8, 4) is 0 Å². The standard InChI is InChI=1S/Ir.Mo.Nb.Ti.W. The second-order valence-corrected chi connectivity index (χ2v) is 0. The molecule has 0 N–H and O–H groups in total. The third-order valence-electron chi connectivity index (χ3n) is 0. The SMILES string of the molecule is [Ir].[Mo].[Nb].[Ti].[W]. The van der Waals surface area contributed by atoms with Gasteiger partial charge in [0, 0.05) is 106 Å². The summed E-state index contributed by atoms with van der Waals surface area (Å²) in [6.07, 6.45) is 0. The second-order valence-electron chi connectivity index (χ2n) is 0. The predicted octanol–water partition coefficient (Wildman–Crippen LogP) is -0.0125. The van der Waals surface area contributed by atoms with Crippen molar-refractivity contribution in [2.75, 3.05) is 0 Å². The van der Waals surface area contributed by atoms with Crippen molar-refractivity contribution in [3.05, 3.63) is 0 Å². The summed E-state index contributed by atoms with van der Waals surface area (Å²) in [6, 6.07) is 0. The largest absolute Gasteiger partial charge is 0 e. The van der Waals surface area contributed by atoms with E-state index in [9.17, 15) is 0 Å². The Morgan fingerprint density at radius 3 is 1.00 bits per heavy atom. The van der Waals surface area contributed by atoms with Crippen LogP contribution in [-0.4, -0.2) is 0 Å². The van der Waals surface area contributed by atoms with Gasteiger partial charge in [-0.2, -0.15) is 0 Å². The van der Waals surface area contributed by atoms with Gasteiger partial charge < -0.3 is 0 Å². The minimum absolute atomic E-state index is 0. The molecule has 0 rings (SSSR count). The van der Waals surface area contributed by atoms with E-state index in [4.69, 9.17) is 0 Å². The maximum absolute atomic E-state index is 0. The van der Waals surface area contributed by atoms with Gasteiger partial charge in [-0.05, 0) is 0 Å². The Morgan fingerprint density at radius 2 is 1.00 bits per heavy atom. The zero-order valence-corrected chi connectivity index (χ0v) is 13.2. The van der Waals surface area contributed by atoms with E-state index >= 15 is 0 Å². The van der Waals surface area contributed by atoms with Crippen LogP contribution < -0.4 is 0 Å². The maximum Gasteiger partial charge on any atom is 0 e. The normalized spacial score (nSPS) is 0. The Hall–Kier alpha value is 3.48. The van der Waals surface area contributed by atoms with Crippen LogP contribution in [0.15, 0.2) is 0 Å². The van der Waals surface area contributed by atoms with Crippen LogP contribution in [0.4, 0.5) is 0 Å². The molecule has 0 saturated heterocycles. The molecule has 0 aliphatic rings. The molecule has 0 fully saturated rings. The van der Waals surface area contributed by atoms with E-state index in [0.717, 1.165) is 0 Å². The minimum Gasteiger partial charge on any atom is 0 e. The third-order valence-corrected chi connectivity index (χ3v) is 0. The van der Waals surface area contributed by atoms with Crippen LogP contribution in [-0.2, 0) is 106 Å². The predicted molar refractivity (Wildman–Crippen MR) is 0 cm³/mol. The van der Waals surface area contributed by atoms with E-state index in [1.807, 2.05) is 0 Å². The fourth-order valence-corrected chi connectivity index (χ4v) is 0. The Labute approximate surface area is 104 Å². The zero-order chi connectivity index (χ0) is 0. The molecule has 0 aliphatic heterocycles. The van der Waals surface area contributed by atoms with Gasteiger partial charge in [0.05, 0.1) is 0 Å². The molecule has 0 unspecified atom stereocenters. The number of hydrogen-bond donors (Lipinski definition) is 0. The first-order valence-electron chi connectivity index (χ1n) is 0. The van der Waals surface area contributed by atoms with Gasteiger partial charge in [-0.1, -0.05) is 0 Å². The van der Waals surface area contributed by atoms with E-state index in [1.54, 1.807) is 0 Å². The summed E-state index contributed by atoms with van der Waals surface area (Å²) in [4.78, 5) is 0. The van der Waals surface area contributed by atoms with Crippen LogP contribution in [0.25, 0.3) is 0 Å². The van der Waals surface area contributed by atoms with Gasteiger partial charge in [-0.3, -0.25) is 0 Å². The van der Waals surface area contributed by atoms with E-state index < -0.39 is 0 Å². The zero-order valence-electron chi connectivity index (χ0n) is 2.10. The average molecular weight is 613 g/mol. The van der Waals surface area contributed by atoms with Crippen molar-refractivity contribution < 1.29 is 106 Å². The van der Waals surface area contributed by atoms with E-state index in [-0.39, 0.29) is 106 Å². The van der Waals surface area contributed by atoms with E-state index in [2.05, 4.69) is 0 Å². The molecule has 0 bridgehead atoms. The molecule has 0 aromatic heterocycles. The molecular weight excluding hydrogens is 613 g/mol. The summed E-state index contributed by atoms with van der Waals surface area (Å²) in [5.74, 6) is 0. The number of hydrogen-bond acceptors (Lipinski definition) is 0. The van der Waals surface area contributed by atoms with Gasteiger partial charge >= 0.3 is 0 Å². The fraction of sp³-hybridized carbons (Fsp3) is 0. The Morgan fingerprint density at radius 1 is 1.00 bits per heavy atom. The van der Waals surface area contributed by atoms with Crippen LogP contribution in [0.5, 0.6) is 0 Å². The molecule has 0 aromatic carbocycles. The molecule has 2 radical (unpaired) electrons. The minimum atomic E-state index is 0. The molecule has 0 nitrogen and oxygen atoms in total.